The summed E-state index contributed by atoms with van der Waals surface area (Å²) in [6.45, 7) is 8.16. The molecule has 16 heavy (non-hydrogen) atoms. The van der Waals surface area contributed by atoms with Crippen molar-refractivity contribution in [2.45, 2.75) is 40.0 Å². The third-order valence-electron chi connectivity index (χ3n) is 2.36. The first-order valence-electron chi connectivity index (χ1n) is 5.65. The minimum atomic E-state index is 0.0756. The van der Waals surface area contributed by atoms with Crippen LogP contribution in [0.3, 0.4) is 0 Å². The lowest BCUT2D eigenvalue weighted by molar-refractivity contribution is -0.0172. The molecule has 1 unspecified atom stereocenters. The van der Waals surface area contributed by atoms with Gasteiger partial charge in [0.15, 0.2) is 0 Å². The first-order valence-corrected chi connectivity index (χ1v) is 5.65. The average molecular weight is 227 g/mol. The maximum absolute atomic E-state index is 5.58. The van der Waals surface area contributed by atoms with Gasteiger partial charge in [0.2, 0.25) is 0 Å². The van der Waals surface area contributed by atoms with Gasteiger partial charge in [-0.15, -0.1) is 0 Å². The first-order chi connectivity index (χ1) is 7.67. The number of aryl methyl sites for hydroxylation is 1. The zero-order valence-electron chi connectivity index (χ0n) is 10.3. The Morgan fingerprint density at radius 1 is 1.50 bits per heavy atom. The van der Waals surface area contributed by atoms with E-state index >= 15 is 0 Å². The highest BCUT2D eigenvalue weighted by molar-refractivity contribution is 5.19. The molecule has 1 rings (SSSR count). The summed E-state index contributed by atoms with van der Waals surface area (Å²) in [5.74, 6) is 1.69. The molecule has 0 fully saturated rings. The van der Waals surface area contributed by atoms with E-state index in [-0.39, 0.29) is 6.10 Å². The van der Waals surface area contributed by atoms with E-state index in [1.165, 1.54) is 0 Å². The molecule has 1 atom stereocenters. The van der Waals surface area contributed by atoms with E-state index in [0.29, 0.717) is 26.4 Å². The van der Waals surface area contributed by atoms with Crippen molar-refractivity contribution in [3.05, 3.63) is 23.2 Å². The number of furan rings is 1. The van der Waals surface area contributed by atoms with E-state index in [4.69, 9.17) is 19.6 Å². The molecule has 0 aliphatic heterocycles. The molecule has 0 saturated heterocycles. The van der Waals surface area contributed by atoms with Gasteiger partial charge in [-0.3, -0.25) is 0 Å². The molecule has 4 heteroatoms. The zero-order valence-corrected chi connectivity index (χ0v) is 10.3. The second kappa shape index (κ2) is 6.68. The Hall–Kier alpha value is -0.840. The molecule has 0 aliphatic carbocycles. The Balaban J connectivity index is 2.36. The molecule has 0 saturated carbocycles. The van der Waals surface area contributed by atoms with Crippen LogP contribution >= 0.6 is 0 Å². The Bertz CT molecular complexity index is 309. The second-order valence-electron chi connectivity index (χ2n) is 3.78. The van der Waals surface area contributed by atoms with Crippen molar-refractivity contribution in [1.29, 1.82) is 0 Å². The van der Waals surface area contributed by atoms with E-state index in [0.717, 1.165) is 17.1 Å². The van der Waals surface area contributed by atoms with Crippen LogP contribution in [0.2, 0.25) is 0 Å². The summed E-state index contributed by atoms with van der Waals surface area (Å²) < 4.78 is 16.4. The molecule has 4 nitrogen and oxygen atoms in total. The third kappa shape index (κ3) is 3.96. The summed E-state index contributed by atoms with van der Waals surface area (Å²) in [5.41, 5.74) is 6.60. The summed E-state index contributed by atoms with van der Waals surface area (Å²) >= 11 is 0. The number of rotatable bonds is 7. The van der Waals surface area contributed by atoms with Gasteiger partial charge in [-0.1, -0.05) is 0 Å². The number of ether oxygens (including phenoxy) is 2. The lowest BCUT2D eigenvalue weighted by atomic mass is 10.2. The molecule has 0 spiro atoms. The molecule has 92 valence electrons. The van der Waals surface area contributed by atoms with Gasteiger partial charge in [0.1, 0.15) is 18.1 Å². The molecule has 0 aromatic carbocycles. The fraction of sp³-hybridized carbons (Fsp3) is 0.667. The highest BCUT2D eigenvalue weighted by Gasteiger charge is 2.08. The van der Waals surface area contributed by atoms with E-state index in [1.807, 2.05) is 26.8 Å². The highest BCUT2D eigenvalue weighted by atomic mass is 16.5. The SMILES string of the molecule is CCOCC(C)OCc1cc(CN)c(C)o1. The van der Waals surface area contributed by atoms with Crippen LogP contribution in [0.25, 0.3) is 0 Å². The molecular weight excluding hydrogens is 206 g/mol. The van der Waals surface area contributed by atoms with Crippen LogP contribution in [0.15, 0.2) is 10.5 Å². The lowest BCUT2D eigenvalue weighted by Gasteiger charge is -2.11. The fourth-order valence-corrected chi connectivity index (χ4v) is 1.42. The molecule has 1 heterocycles. The van der Waals surface area contributed by atoms with Crippen molar-refractivity contribution >= 4 is 0 Å². The van der Waals surface area contributed by atoms with Crippen LogP contribution in [-0.4, -0.2) is 19.3 Å². The van der Waals surface area contributed by atoms with Crippen molar-refractivity contribution in [2.75, 3.05) is 13.2 Å². The molecule has 2 N–H and O–H groups in total. The monoisotopic (exact) mass is 227 g/mol. The maximum Gasteiger partial charge on any atom is 0.130 e. The van der Waals surface area contributed by atoms with Crippen molar-refractivity contribution in [2.24, 2.45) is 5.73 Å². The van der Waals surface area contributed by atoms with Gasteiger partial charge in [0.25, 0.3) is 0 Å². The largest absolute Gasteiger partial charge is 0.464 e. The van der Waals surface area contributed by atoms with Crippen molar-refractivity contribution in [3.8, 4) is 0 Å². The van der Waals surface area contributed by atoms with E-state index in [2.05, 4.69) is 0 Å². The summed E-state index contributed by atoms with van der Waals surface area (Å²) in [4.78, 5) is 0. The Morgan fingerprint density at radius 2 is 2.25 bits per heavy atom. The molecule has 0 bridgehead atoms. The van der Waals surface area contributed by atoms with Crippen LogP contribution in [0, 0.1) is 6.92 Å². The molecular formula is C12H21NO3. The zero-order chi connectivity index (χ0) is 12.0. The first kappa shape index (κ1) is 13.2. The van der Waals surface area contributed by atoms with E-state index < -0.39 is 0 Å². The van der Waals surface area contributed by atoms with E-state index in [9.17, 15) is 0 Å². The van der Waals surface area contributed by atoms with Gasteiger partial charge < -0.3 is 19.6 Å². The second-order valence-corrected chi connectivity index (χ2v) is 3.78. The van der Waals surface area contributed by atoms with E-state index in [1.54, 1.807) is 0 Å². The highest BCUT2D eigenvalue weighted by Crippen LogP contribution is 2.15. The molecule has 1 aromatic rings. The number of nitrogens with two attached hydrogens (primary N) is 1. The summed E-state index contributed by atoms with van der Waals surface area (Å²) in [7, 11) is 0. The van der Waals surface area contributed by atoms with Crippen LogP contribution in [0.1, 0.15) is 30.9 Å². The molecule has 1 aromatic heterocycles. The number of hydrogen-bond acceptors (Lipinski definition) is 4. The summed E-state index contributed by atoms with van der Waals surface area (Å²) in [6.07, 6.45) is 0.0756. The molecule has 0 amide bonds. The lowest BCUT2D eigenvalue weighted by Crippen LogP contribution is -2.15. The van der Waals surface area contributed by atoms with Crippen molar-refractivity contribution < 1.29 is 13.9 Å². The Morgan fingerprint density at radius 3 is 2.81 bits per heavy atom. The Kier molecular flexibility index (Phi) is 5.52. The predicted octanol–water partition coefficient (Wildman–Crippen LogP) is 1.99. The van der Waals surface area contributed by atoms with Gasteiger partial charge >= 0.3 is 0 Å². The summed E-state index contributed by atoms with van der Waals surface area (Å²) in [5, 5.41) is 0. The topological polar surface area (TPSA) is 57.6 Å². The maximum atomic E-state index is 5.58. The third-order valence-corrected chi connectivity index (χ3v) is 2.36. The van der Waals surface area contributed by atoms with Crippen LogP contribution in [-0.2, 0) is 22.6 Å². The average Bonchev–Trinajstić information content (AvgIpc) is 2.64. The van der Waals surface area contributed by atoms with Crippen LogP contribution in [0.5, 0.6) is 0 Å². The quantitative estimate of drug-likeness (QED) is 0.774. The normalized spacial score (nSPS) is 13.0. The van der Waals surface area contributed by atoms with Gasteiger partial charge in [-0.05, 0) is 26.8 Å². The standard InChI is InChI=1S/C12H21NO3/c1-4-14-7-9(2)15-8-12-5-11(6-13)10(3)16-12/h5,9H,4,6-8,13H2,1-3H3. The van der Waals surface area contributed by atoms with Gasteiger partial charge in [-0.25, -0.2) is 0 Å². The summed E-state index contributed by atoms with van der Waals surface area (Å²) in [6, 6.07) is 1.95. The molecule has 0 aliphatic rings. The minimum Gasteiger partial charge on any atom is -0.464 e. The smallest absolute Gasteiger partial charge is 0.130 e. The predicted molar refractivity (Wildman–Crippen MR) is 62.1 cm³/mol. The van der Waals surface area contributed by atoms with Gasteiger partial charge in [-0.2, -0.15) is 0 Å². The van der Waals surface area contributed by atoms with Crippen LogP contribution in [0.4, 0.5) is 0 Å². The van der Waals surface area contributed by atoms with Gasteiger partial charge in [0, 0.05) is 18.7 Å². The molecule has 0 radical (unpaired) electrons. The number of hydrogen-bond donors (Lipinski definition) is 1. The Labute approximate surface area is 96.7 Å². The van der Waals surface area contributed by atoms with Crippen molar-refractivity contribution in [1.82, 2.24) is 0 Å². The fourth-order valence-electron chi connectivity index (χ4n) is 1.42. The van der Waals surface area contributed by atoms with Gasteiger partial charge in [0.05, 0.1) is 12.7 Å². The van der Waals surface area contributed by atoms with Crippen molar-refractivity contribution in [3.63, 3.8) is 0 Å². The minimum absolute atomic E-state index is 0.0756. The van der Waals surface area contributed by atoms with Crippen LogP contribution < -0.4 is 5.73 Å².